The molecule has 0 aliphatic rings. The van der Waals surface area contributed by atoms with Crippen molar-refractivity contribution in [3.63, 3.8) is 0 Å². The van der Waals surface area contributed by atoms with Gasteiger partial charge in [0.15, 0.2) is 0 Å². The van der Waals surface area contributed by atoms with E-state index in [4.69, 9.17) is 15.9 Å². The fraction of sp³-hybridized carbons (Fsp3) is 0. The van der Waals surface area contributed by atoms with E-state index in [1.165, 1.54) is 6.07 Å². The van der Waals surface area contributed by atoms with Gasteiger partial charge in [-0.3, -0.25) is 0 Å². The second-order valence-electron chi connectivity index (χ2n) is 2.32. The van der Waals surface area contributed by atoms with Crippen LogP contribution in [0.25, 0.3) is 0 Å². The molecule has 1 rings (SSSR count). The van der Waals surface area contributed by atoms with E-state index in [1.54, 1.807) is 6.07 Å². The molecule has 0 bridgehead atoms. The van der Waals surface area contributed by atoms with Gasteiger partial charge in [-0.05, 0) is 28.1 Å². The molecule has 0 amide bonds. The highest BCUT2D eigenvalue weighted by Crippen LogP contribution is 2.33. The Kier molecular flexibility index (Phi) is 3.04. The van der Waals surface area contributed by atoms with Crippen molar-refractivity contribution in [3.8, 4) is 11.8 Å². The molecule has 0 heterocycles. The summed E-state index contributed by atoms with van der Waals surface area (Å²) in [5.74, 6) is -0.542. The Bertz CT molecular complexity index is 520. The number of phenols is 1. The lowest BCUT2D eigenvalue weighted by Gasteiger charge is -2.03. The van der Waals surface area contributed by atoms with Gasteiger partial charge >= 0.3 is 0 Å². The van der Waals surface area contributed by atoms with Gasteiger partial charge in [-0.1, -0.05) is 0 Å². The van der Waals surface area contributed by atoms with Crippen molar-refractivity contribution in [2.24, 2.45) is 0 Å². The second-order valence-corrected chi connectivity index (χ2v) is 5.68. The van der Waals surface area contributed by atoms with Crippen LogP contribution in [0, 0.1) is 11.3 Å². The highest BCUT2D eigenvalue weighted by Gasteiger charge is 2.22. The molecule has 0 unspecified atom stereocenters. The smallest absolute Gasteiger partial charge is 0.266 e. The number of benzene rings is 1. The molecule has 7 heteroatoms. The molecular formula is C7H3BrClNO3S. The number of aromatic hydroxyl groups is 1. The minimum atomic E-state index is -4.13. The van der Waals surface area contributed by atoms with Gasteiger partial charge in [-0.2, -0.15) is 5.26 Å². The predicted molar refractivity (Wildman–Crippen MR) is 53.6 cm³/mol. The average molecular weight is 297 g/mol. The van der Waals surface area contributed by atoms with E-state index < -0.39 is 19.7 Å². The molecular weight excluding hydrogens is 294 g/mol. The van der Waals surface area contributed by atoms with Crippen LogP contribution >= 0.6 is 26.6 Å². The molecule has 1 N–H and O–H groups in total. The molecule has 74 valence electrons. The number of nitriles is 1. The van der Waals surface area contributed by atoms with Crippen LogP contribution in [0.1, 0.15) is 5.56 Å². The normalized spacial score (nSPS) is 10.9. The maximum atomic E-state index is 11.0. The zero-order valence-corrected chi connectivity index (χ0v) is 9.69. The SMILES string of the molecule is N#Cc1c(Br)ccc(O)c1S(=O)(=O)Cl. The number of phenolic OH excluding ortho intramolecular Hbond substituents is 1. The molecule has 1 aromatic carbocycles. The number of halogens is 2. The minimum absolute atomic E-state index is 0.208. The number of nitrogens with zero attached hydrogens (tertiary/aromatic N) is 1. The first-order valence-electron chi connectivity index (χ1n) is 3.24. The minimum Gasteiger partial charge on any atom is -0.506 e. The van der Waals surface area contributed by atoms with Crippen molar-refractivity contribution in [2.75, 3.05) is 0 Å². The zero-order chi connectivity index (χ0) is 10.9. The summed E-state index contributed by atoms with van der Waals surface area (Å²) in [6, 6.07) is 4.14. The summed E-state index contributed by atoms with van der Waals surface area (Å²) < 4.78 is 22.3. The Morgan fingerprint density at radius 1 is 1.50 bits per heavy atom. The molecule has 0 fully saturated rings. The lowest BCUT2D eigenvalue weighted by molar-refractivity contribution is 0.459. The van der Waals surface area contributed by atoms with E-state index in [1.807, 2.05) is 0 Å². The van der Waals surface area contributed by atoms with Crippen molar-refractivity contribution < 1.29 is 13.5 Å². The molecule has 0 spiro atoms. The summed E-state index contributed by atoms with van der Waals surface area (Å²) in [7, 11) is 0.931. The molecule has 0 aliphatic heterocycles. The van der Waals surface area contributed by atoms with E-state index in [0.29, 0.717) is 0 Å². The van der Waals surface area contributed by atoms with Gasteiger partial charge in [0, 0.05) is 15.2 Å². The predicted octanol–water partition coefficient (Wildman–Crippen LogP) is 1.95. The molecule has 0 aliphatic carbocycles. The first-order valence-corrected chi connectivity index (χ1v) is 6.34. The molecule has 0 atom stereocenters. The van der Waals surface area contributed by atoms with Crippen LogP contribution in [0.2, 0.25) is 0 Å². The van der Waals surface area contributed by atoms with Gasteiger partial charge in [0.05, 0.1) is 5.56 Å². The average Bonchev–Trinajstić information content (AvgIpc) is 2.06. The summed E-state index contributed by atoms with van der Waals surface area (Å²) in [5, 5.41) is 17.9. The van der Waals surface area contributed by atoms with Crippen LogP contribution in [-0.4, -0.2) is 13.5 Å². The highest BCUT2D eigenvalue weighted by molar-refractivity contribution is 9.10. The van der Waals surface area contributed by atoms with E-state index in [-0.39, 0.29) is 10.0 Å². The number of hydrogen-bond donors (Lipinski definition) is 1. The first kappa shape index (κ1) is 11.3. The topological polar surface area (TPSA) is 78.2 Å². The molecule has 0 radical (unpaired) electrons. The third-order valence-corrected chi connectivity index (χ3v) is 3.47. The number of rotatable bonds is 1. The zero-order valence-electron chi connectivity index (χ0n) is 6.53. The molecule has 1 aromatic rings. The lowest BCUT2D eigenvalue weighted by atomic mass is 10.2. The van der Waals surface area contributed by atoms with Crippen LogP contribution in [-0.2, 0) is 9.05 Å². The molecule has 4 nitrogen and oxygen atoms in total. The van der Waals surface area contributed by atoms with E-state index in [9.17, 15) is 13.5 Å². The van der Waals surface area contributed by atoms with Crippen molar-refractivity contribution in [3.05, 3.63) is 22.2 Å². The Balaban J connectivity index is 3.74. The monoisotopic (exact) mass is 295 g/mol. The van der Waals surface area contributed by atoms with Crippen LogP contribution in [0.3, 0.4) is 0 Å². The van der Waals surface area contributed by atoms with Gasteiger partial charge < -0.3 is 5.11 Å². The summed E-state index contributed by atoms with van der Waals surface area (Å²) in [6.45, 7) is 0. The summed E-state index contributed by atoms with van der Waals surface area (Å²) in [4.78, 5) is -0.573. The van der Waals surface area contributed by atoms with Crippen molar-refractivity contribution in [2.45, 2.75) is 4.90 Å². The third kappa shape index (κ3) is 2.00. The molecule has 0 aromatic heterocycles. The molecule has 0 saturated heterocycles. The number of hydrogen-bond acceptors (Lipinski definition) is 4. The Hall–Kier alpha value is -0.770. The Labute approximate surface area is 93.3 Å². The van der Waals surface area contributed by atoms with Gasteiger partial charge in [0.25, 0.3) is 9.05 Å². The van der Waals surface area contributed by atoms with Crippen molar-refractivity contribution in [1.29, 1.82) is 5.26 Å². The quantitative estimate of drug-likeness (QED) is 0.804. The Morgan fingerprint density at radius 2 is 2.07 bits per heavy atom. The van der Waals surface area contributed by atoms with Gasteiger partial charge in [0.1, 0.15) is 16.7 Å². The van der Waals surface area contributed by atoms with E-state index in [2.05, 4.69) is 15.9 Å². The Morgan fingerprint density at radius 3 is 2.43 bits per heavy atom. The fourth-order valence-corrected chi connectivity index (χ4v) is 2.63. The highest BCUT2D eigenvalue weighted by atomic mass is 79.9. The second kappa shape index (κ2) is 3.77. The summed E-state index contributed by atoms with van der Waals surface area (Å²) in [5.41, 5.74) is -0.208. The van der Waals surface area contributed by atoms with E-state index >= 15 is 0 Å². The van der Waals surface area contributed by atoms with Crippen LogP contribution in [0.5, 0.6) is 5.75 Å². The van der Waals surface area contributed by atoms with Crippen LogP contribution < -0.4 is 0 Å². The van der Waals surface area contributed by atoms with Crippen LogP contribution in [0.15, 0.2) is 21.5 Å². The molecule has 0 saturated carbocycles. The maximum Gasteiger partial charge on any atom is 0.266 e. The van der Waals surface area contributed by atoms with Gasteiger partial charge in [-0.25, -0.2) is 8.42 Å². The maximum absolute atomic E-state index is 11.0. The fourth-order valence-electron chi connectivity index (χ4n) is 0.899. The van der Waals surface area contributed by atoms with Gasteiger partial charge in [0.2, 0.25) is 0 Å². The summed E-state index contributed by atoms with van der Waals surface area (Å²) >= 11 is 2.98. The van der Waals surface area contributed by atoms with Crippen LogP contribution in [0.4, 0.5) is 0 Å². The largest absolute Gasteiger partial charge is 0.506 e. The lowest BCUT2D eigenvalue weighted by Crippen LogP contribution is -1.96. The van der Waals surface area contributed by atoms with Crippen molar-refractivity contribution in [1.82, 2.24) is 0 Å². The summed E-state index contributed by atoms with van der Waals surface area (Å²) in [6.07, 6.45) is 0. The molecule has 14 heavy (non-hydrogen) atoms. The standard InChI is InChI=1S/C7H3BrClNO3S/c8-5-1-2-6(11)7(4(5)3-10)14(9,12)13/h1-2,11H. The first-order chi connectivity index (χ1) is 6.38. The van der Waals surface area contributed by atoms with E-state index in [0.717, 1.165) is 6.07 Å². The third-order valence-electron chi connectivity index (χ3n) is 1.44. The van der Waals surface area contributed by atoms with Gasteiger partial charge in [-0.15, -0.1) is 0 Å². The van der Waals surface area contributed by atoms with Crippen molar-refractivity contribution >= 4 is 35.7 Å².